The first-order valence-corrected chi connectivity index (χ1v) is 6.25. The van der Waals surface area contributed by atoms with Gasteiger partial charge in [-0.05, 0) is 16.8 Å². The third-order valence-corrected chi connectivity index (χ3v) is 3.53. The molecule has 3 rings (SSSR count). The van der Waals surface area contributed by atoms with E-state index in [-0.39, 0.29) is 11.1 Å². The fourth-order valence-electron chi connectivity index (χ4n) is 2.62. The summed E-state index contributed by atoms with van der Waals surface area (Å²) in [5.41, 5.74) is -1.76. The summed E-state index contributed by atoms with van der Waals surface area (Å²) >= 11 is 0. The Balaban J connectivity index is 2.56. The van der Waals surface area contributed by atoms with E-state index >= 15 is 0 Å². The fraction of sp³-hybridized carbons (Fsp3) is 0. The molecule has 0 amide bonds. The molecule has 2 aromatic rings. The average Bonchev–Trinajstić information content (AvgIpc) is 2.49. The number of Topliss-reactive ketones (excluding diaryl/α,β-unsaturated/α-hetero) is 2. The van der Waals surface area contributed by atoms with Crippen molar-refractivity contribution < 1.29 is 29.4 Å². The van der Waals surface area contributed by atoms with Crippen LogP contribution in [0.4, 0.5) is 0 Å². The van der Waals surface area contributed by atoms with E-state index in [2.05, 4.69) is 0 Å². The third kappa shape index (κ3) is 1.74. The highest BCUT2D eigenvalue weighted by Gasteiger charge is 2.40. The van der Waals surface area contributed by atoms with Crippen LogP contribution < -0.4 is 0 Å². The van der Waals surface area contributed by atoms with Gasteiger partial charge in [0.15, 0.2) is 0 Å². The number of ketones is 2. The maximum absolute atomic E-state index is 12.1. The highest BCUT2D eigenvalue weighted by molar-refractivity contribution is 6.60. The van der Waals surface area contributed by atoms with Gasteiger partial charge in [-0.25, -0.2) is 9.59 Å². The normalized spacial score (nSPS) is 14.2. The van der Waals surface area contributed by atoms with Gasteiger partial charge < -0.3 is 10.2 Å². The Morgan fingerprint density at radius 3 is 2.05 bits per heavy atom. The second-order valence-electron chi connectivity index (χ2n) is 4.73. The molecule has 0 saturated heterocycles. The van der Waals surface area contributed by atoms with Crippen LogP contribution in [0.2, 0.25) is 0 Å². The SMILES string of the molecule is O=C(O)C1=C(C(=O)O)c2c(ccc3ccccc23)C(=O)C1=O. The minimum atomic E-state index is -1.73. The quantitative estimate of drug-likeness (QED) is 0.642. The molecule has 2 aromatic carbocycles. The van der Waals surface area contributed by atoms with Crippen molar-refractivity contribution in [3.63, 3.8) is 0 Å². The Hall–Kier alpha value is -3.28. The topological polar surface area (TPSA) is 109 Å². The zero-order valence-corrected chi connectivity index (χ0v) is 11.0. The molecule has 0 saturated carbocycles. The first-order chi connectivity index (χ1) is 10.4. The van der Waals surface area contributed by atoms with Gasteiger partial charge in [-0.15, -0.1) is 0 Å². The number of carbonyl (C=O) groups is 4. The summed E-state index contributed by atoms with van der Waals surface area (Å²) in [6.45, 7) is 0. The Morgan fingerprint density at radius 1 is 0.773 bits per heavy atom. The zero-order valence-electron chi connectivity index (χ0n) is 11.0. The summed E-state index contributed by atoms with van der Waals surface area (Å²) in [5, 5.41) is 19.6. The number of fused-ring (bicyclic) bond motifs is 3. The monoisotopic (exact) mass is 296 g/mol. The van der Waals surface area contributed by atoms with Crippen LogP contribution in [0, 0.1) is 0 Å². The Kier molecular flexibility index (Phi) is 2.88. The largest absolute Gasteiger partial charge is 0.478 e. The lowest BCUT2D eigenvalue weighted by Gasteiger charge is -2.19. The number of hydrogen-bond donors (Lipinski definition) is 2. The number of carbonyl (C=O) groups excluding carboxylic acids is 2. The molecule has 0 radical (unpaired) electrons. The molecule has 0 fully saturated rings. The third-order valence-electron chi connectivity index (χ3n) is 3.53. The van der Waals surface area contributed by atoms with Crippen molar-refractivity contribution in [2.24, 2.45) is 0 Å². The molecule has 0 unspecified atom stereocenters. The smallest absolute Gasteiger partial charge is 0.340 e. The number of benzene rings is 2. The molecule has 6 nitrogen and oxygen atoms in total. The van der Waals surface area contributed by atoms with Crippen molar-refractivity contribution in [2.75, 3.05) is 0 Å². The van der Waals surface area contributed by atoms with E-state index in [4.69, 9.17) is 5.11 Å². The van der Waals surface area contributed by atoms with Crippen molar-refractivity contribution in [1.29, 1.82) is 0 Å². The van der Waals surface area contributed by atoms with E-state index in [0.29, 0.717) is 10.8 Å². The summed E-state index contributed by atoms with van der Waals surface area (Å²) in [4.78, 5) is 46.9. The molecule has 0 aromatic heterocycles. The fourth-order valence-corrected chi connectivity index (χ4v) is 2.62. The molecule has 1 aliphatic rings. The lowest BCUT2D eigenvalue weighted by Crippen LogP contribution is -2.30. The predicted molar refractivity (Wildman–Crippen MR) is 75.5 cm³/mol. The summed E-state index contributed by atoms with van der Waals surface area (Å²) in [6, 6.07) is 9.59. The summed E-state index contributed by atoms with van der Waals surface area (Å²) in [7, 11) is 0. The summed E-state index contributed by atoms with van der Waals surface area (Å²) in [6.07, 6.45) is 0. The van der Waals surface area contributed by atoms with E-state index in [1.165, 1.54) is 6.07 Å². The Bertz CT molecular complexity index is 919. The van der Waals surface area contributed by atoms with E-state index in [1.54, 1.807) is 30.3 Å². The van der Waals surface area contributed by atoms with E-state index in [0.717, 1.165) is 0 Å². The molecule has 0 spiro atoms. The molecule has 6 heteroatoms. The van der Waals surface area contributed by atoms with Crippen LogP contribution >= 0.6 is 0 Å². The van der Waals surface area contributed by atoms with Gasteiger partial charge in [-0.1, -0.05) is 30.3 Å². The molecular formula is C16H8O6. The lowest BCUT2D eigenvalue weighted by molar-refractivity contribution is -0.135. The molecule has 2 N–H and O–H groups in total. The predicted octanol–water partition coefficient (Wildman–Crippen LogP) is 1.53. The second kappa shape index (κ2) is 4.63. The zero-order chi connectivity index (χ0) is 16.0. The van der Waals surface area contributed by atoms with Crippen LogP contribution in [0.15, 0.2) is 42.0 Å². The van der Waals surface area contributed by atoms with Crippen molar-refractivity contribution >= 4 is 39.9 Å². The number of hydrogen-bond acceptors (Lipinski definition) is 4. The van der Waals surface area contributed by atoms with Crippen LogP contribution in [0.25, 0.3) is 16.3 Å². The van der Waals surface area contributed by atoms with Crippen LogP contribution in [-0.2, 0) is 14.4 Å². The summed E-state index contributed by atoms with van der Waals surface area (Å²) < 4.78 is 0. The second-order valence-corrected chi connectivity index (χ2v) is 4.73. The first kappa shape index (κ1) is 13.7. The van der Waals surface area contributed by atoms with Crippen molar-refractivity contribution in [3.05, 3.63) is 53.1 Å². The van der Waals surface area contributed by atoms with Crippen LogP contribution in [-0.4, -0.2) is 33.7 Å². The van der Waals surface area contributed by atoms with Gasteiger partial charge in [0, 0.05) is 11.1 Å². The summed E-state index contributed by atoms with van der Waals surface area (Å²) in [5.74, 6) is -5.61. The Morgan fingerprint density at radius 2 is 1.41 bits per heavy atom. The van der Waals surface area contributed by atoms with Gasteiger partial charge in [-0.3, -0.25) is 9.59 Å². The number of aliphatic carboxylic acids is 2. The molecule has 0 atom stereocenters. The maximum atomic E-state index is 12.1. The minimum Gasteiger partial charge on any atom is -0.478 e. The van der Waals surface area contributed by atoms with E-state index in [9.17, 15) is 24.3 Å². The van der Waals surface area contributed by atoms with E-state index < -0.39 is 34.7 Å². The lowest BCUT2D eigenvalue weighted by atomic mass is 9.81. The van der Waals surface area contributed by atoms with Crippen molar-refractivity contribution in [1.82, 2.24) is 0 Å². The van der Waals surface area contributed by atoms with Gasteiger partial charge in [0.05, 0.1) is 5.57 Å². The standard InChI is InChI=1S/C16H8O6/c17-13-9-6-5-7-3-1-2-4-8(7)10(9)11(15(19)20)12(14(13)18)16(21)22/h1-6H,(H,19,20)(H,21,22). The minimum absolute atomic E-state index is 0.0207. The van der Waals surface area contributed by atoms with Crippen molar-refractivity contribution in [3.8, 4) is 0 Å². The molecule has 108 valence electrons. The highest BCUT2D eigenvalue weighted by atomic mass is 16.4. The van der Waals surface area contributed by atoms with Crippen LogP contribution in [0.1, 0.15) is 15.9 Å². The van der Waals surface area contributed by atoms with Gasteiger partial charge in [0.25, 0.3) is 0 Å². The van der Waals surface area contributed by atoms with Crippen molar-refractivity contribution in [2.45, 2.75) is 0 Å². The van der Waals surface area contributed by atoms with E-state index in [1.807, 2.05) is 0 Å². The number of carboxylic acid groups (broad SMARTS) is 2. The molecule has 1 aliphatic carbocycles. The molecule has 22 heavy (non-hydrogen) atoms. The van der Waals surface area contributed by atoms with Gasteiger partial charge in [0.1, 0.15) is 5.57 Å². The molecule has 0 bridgehead atoms. The molecular weight excluding hydrogens is 288 g/mol. The Labute approximate surface area is 123 Å². The first-order valence-electron chi connectivity index (χ1n) is 6.25. The van der Waals surface area contributed by atoms with Gasteiger partial charge in [0.2, 0.25) is 11.6 Å². The van der Waals surface area contributed by atoms with Crippen LogP contribution in [0.5, 0.6) is 0 Å². The molecule has 0 aliphatic heterocycles. The average molecular weight is 296 g/mol. The maximum Gasteiger partial charge on any atom is 0.340 e. The number of carboxylic acids is 2. The van der Waals surface area contributed by atoms with Gasteiger partial charge in [-0.2, -0.15) is 0 Å². The van der Waals surface area contributed by atoms with Gasteiger partial charge >= 0.3 is 11.9 Å². The number of rotatable bonds is 2. The van der Waals surface area contributed by atoms with Crippen LogP contribution in [0.3, 0.4) is 0 Å². The highest BCUT2D eigenvalue weighted by Crippen LogP contribution is 2.35. The molecule has 0 heterocycles.